The van der Waals surface area contributed by atoms with Gasteiger partial charge in [-0.25, -0.2) is 15.0 Å². The first-order valence-electron chi connectivity index (χ1n) is 10.2. The van der Waals surface area contributed by atoms with E-state index in [0.717, 1.165) is 42.6 Å². The maximum atomic E-state index is 9.36. The second kappa shape index (κ2) is 7.03. The van der Waals surface area contributed by atoms with Crippen LogP contribution in [0.1, 0.15) is 50.0 Å². The van der Waals surface area contributed by atoms with E-state index in [1.54, 1.807) is 12.3 Å². The number of nitriles is 1. The van der Waals surface area contributed by atoms with Crippen molar-refractivity contribution < 1.29 is 4.42 Å². The van der Waals surface area contributed by atoms with E-state index in [9.17, 15) is 5.26 Å². The molecule has 0 atom stereocenters. The maximum absolute atomic E-state index is 9.36. The van der Waals surface area contributed by atoms with Gasteiger partial charge in [0.15, 0.2) is 11.7 Å². The van der Waals surface area contributed by atoms with Crippen molar-refractivity contribution in [3.63, 3.8) is 0 Å². The molecule has 0 amide bonds. The Morgan fingerprint density at radius 1 is 1.21 bits per heavy atom. The Balaban J connectivity index is 1.47. The molecule has 1 fully saturated rings. The van der Waals surface area contributed by atoms with Gasteiger partial charge in [0, 0.05) is 31.9 Å². The highest BCUT2D eigenvalue weighted by atomic mass is 16.4. The van der Waals surface area contributed by atoms with Crippen LogP contribution in [0.3, 0.4) is 0 Å². The van der Waals surface area contributed by atoms with Gasteiger partial charge >= 0.3 is 0 Å². The molecule has 5 rings (SSSR count). The van der Waals surface area contributed by atoms with Crippen LogP contribution >= 0.6 is 0 Å². The lowest BCUT2D eigenvalue weighted by Crippen LogP contribution is -2.34. The van der Waals surface area contributed by atoms with Gasteiger partial charge in [0.2, 0.25) is 0 Å². The van der Waals surface area contributed by atoms with E-state index >= 15 is 0 Å². The number of aromatic nitrogens is 4. The van der Waals surface area contributed by atoms with E-state index in [2.05, 4.69) is 37.4 Å². The number of hydrogen-bond donors (Lipinski definition) is 0. The molecule has 0 saturated heterocycles. The van der Waals surface area contributed by atoms with Crippen LogP contribution in [0, 0.1) is 16.7 Å². The standard InChI is InChI=1S/C22H24N6O/c1-22(6-2-3-7-22)12-20-25-14-18(29-20)17-5-4-16(13-23)26-21(17)28-11-10-27-9-8-24-19(27)15-28/h4-5,8-9,14H,2-3,6-7,10-12,15H2,1H3. The Bertz CT molecular complexity index is 1070. The predicted molar refractivity (Wildman–Crippen MR) is 108 cm³/mol. The van der Waals surface area contributed by atoms with E-state index in [-0.39, 0.29) is 5.41 Å². The normalized spacial score (nSPS) is 17.9. The van der Waals surface area contributed by atoms with Gasteiger partial charge in [0.25, 0.3) is 0 Å². The van der Waals surface area contributed by atoms with E-state index in [0.29, 0.717) is 18.0 Å². The van der Waals surface area contributed by atoms with Gasteiger partial charge in [-0.1, -0.05) is 19.8 Å². The van der Waals surface area contributed by atoms with Crippen LogP contribution in [0.4, 0.5) is 5.82 Å². The molecule has 0 aromatic carbocycles. The first kappa shape index (κ1) is 17.9. The summed E-state index contributed by atoms with van der Waals surface area (Å²) in [6.45, 7) is 4.62. The zero-order valence-corrected chi connectivity index (χ0v) is 16.6. The average Bonchev–Trinajstić information content (AvgIpc) is 3.48. The molecule has 7 nitrogen and oxygen atoms in total. The first-order valence-corrected chi connectivity index (χ1v) is 10.2. The zero-order chi connectivity index (χ0) is 19.8. The largest absolute Gasteiger partial charge is 0.441 e. The molecule has 29 heavy (non-hydrogen) atoms. The van der Waals surface area contributed by atoms with Crippen molar-refractivity contribution in [2.75, 3.05) is 11.4 Å². The van der Waals surface area contributed by atoms with Gasteiger partial charge in [-0.3, -0.25) is 0 Å². The highest BCUT2D eigenvalue weighted by molar-refractivity contribution is 5.72. The number of pyridine rings is 1. The van der Waals surface area contributed by atoms with Crippen LogP contribution in [0.5, 0.6) is 0 Å². The monoisotopic (exact) mass is 388 g/mol. The lowest BCUT2D eigenvalue weighted by atomic mass is 9.85. The molecule has 0 radical (unpaired) electrons. The summed E-state index contributed by atoms with van der Waals surface area (Å²) >= 11 is 0. The molecule has 7 heteroatoms. The molecule has 1 saturated carbocycles. The fourth-order valence-electron chi connectivity index (χ4n) is 4.59. The fourth-order valence-corrected chi connectivity index (χ4v) is 4.59. The molecule has 0 unspecified atom stereocenters. The molecule has 0 bridgehead atoms. The Kier molecular flexibility index (Phi) is 4.35. The number of rotatable bonds is 4. The summed E-state index contributed by atoms with van der Waals surface area (Å²) in [4.78, 5) is 15.8. The number of nitrogens with zero attached hydrogens (tertiary/aromatic N) is 6. The molecule has 148 valence electrons. The predicted octanol–water partition coefficient (Wildman–Crippen LogP) is 3.95. The van der Waals surface area contributed by atoms with Crippen molar-refractivity contribution in [1.82, 2.24) is 19.5 Å². The molecule has 4 heterocycles. The summed E-state index contributed by atoms with van der Waals surface area (Å²) < 4.78 is 8.33. The summed E-state index contributed by atoms with van der Waals surface area (Å²) in [6.07, 6.45) is 11.5. The molecular weight excluding hydrogens is 364 g/mol. The highest BCUT2D eigenvalue weighted by Crippen LogP contribution is 2.41. The second-order valence-electron chi connectivity index (χ2n) is 8.45. The van der Waals surface area contributed by atoms with Gasteiger partial charge < -0.3 is 13.9 Å². The molecule has 0 spiro atoms. The van der Waals surface area contributed by atoms with Crippen molar-refractivity contribution in [1.29, 1.82) is 5.26 Å². The van der Waals surface area contributed by atoms with Crippen LogP contribution < -0.4 is 4.90 Å². The smallest absolute Gasteiger partial charge is 0.195 e. The third-order valence-electron chi connectivity index (χ3n) is 6.24. The first-order chi connectivity index (χ1) is 14.1. The average molecular weight is 388 g/mol. The van der Waals surface area contributed by atoms with Crippen molar-refractivity contribution in [2.45, 2.75) is 52.1 Å². The van der Waals surface area contributed by atoms with Crippen molar-refractivity contribution >= 4 is 5.82 Å². The van der Waals surface area contributed by atoms with Crippen LogP contribution in [0.25, 0.3) is 11.3 Å². The van der Waals surface area contributed by atoms with Crippen molar-refractivity contribution in [3.05, 3.63) is 48.1 Å². The molecule has 2 aliphatic rings. The fraction of sp³-hybridized carbons (Fsp3) is 0.455. The Morgan fingerprint density at radius 3 is 2.90 bits per heavy atom. The van der Waals surface area contributed by atoms with Crippen LogP contribution in [-0.2, 0) is 19.5 Å². The molecule has 1 aliphatic heterocycles. The third kappa shape index (κ3) is 3.39. The molecule has 1 aliphatic carbocycles. The number of imidazole rings is 1. The number of hydrogen-bond acceptors (Lipinski definition) is 6. The summed E-state index contributed by atoms with van der Waals surface area (Å²) in [6, 6.07) is 5.81. The topological polar surface area (TPSA) is 83.8 Å². The maximum Gasteiger partial charge on any atom is 0.195 e. The van der Waals surface area contributed by atoms with Gasteiger partial charge in [-0.15, -0.1) is 0 Å². The number of anilines is 1. The Labute approximate surface area is 170 Å². The quantitative estimate of drug-likeness (QED) is 0.673. The van der Waals surface area contributed by atoms with E-state index in [1.165, 1.54) is 25.7 Å². The lowest BCUT2D eigenvalue weighted by Gasteiger charge is -2.29. The van der Waals surface area contributed by atoms with Crippen molar-refractivity contribution in [2.24, 2.45) is 5.41 Å². The molecular formula is C22H24N6O. The van der Waals surface area contributed by atoms with Gasteiger partial charge in [0.1, 0.15) is 23.4 Å². The van der Waals surface area contributed by atoms with Crippen LogP contribution in [-0.4, -0.2) is 26.1 Å². The molecule has 0 N–H and O–H groups in total. The van der Waals surface area contributed by atoms with Crippen LogP contribution in [0.2, 0.25) is 0 Å². The van der Waals surface area contributed by atoms with E-state index < -0.39 is 0 Å². The minimum absolute atomic E-state index is 0.289. The summed E-state index contributed by atoms with van der Waals surface area (Å²) in [5.74, 6) is 3.25. The molecule has 3 aromatic rings. The zero-order valence-electron chi connectivity index (χ0n) is 16.6. The number of oxazole rings is 1. The third-order valence-corrected chi connectivity index (χ3v) is 6.24. The Morgan fingerprint density at radius 2 is 2.07 bits per heavy atom. The summed E-state index contributed by atoms with van der Waals surface area (Å²) in [7, 11) is 0. The minimum atomic E-state index is 0.289. The van der Waals surface area contributed by atoms with E-state index in [4.69, 9.17) is 4.42 Å². The van der Waals surface area contributed by atoms with Gasteiger partial charge in [0.05, 0.1) is 18.3 Å². The van der Waals surface area contributed by atoms with Gasteiger partial charge in [-0.05, 0) is 30.4 Å². The molecule has 3 aromatic heterocycles. The summed E-state index contributed by atoms with van der Waals surface area (Å²) in [5, 5.41) is 9.36. The summed E-state index contributed by atoms with van der Waals surface area (Å²) in [5.41, 5.74) is 1.56. The SMILES string of the molecule is CC1(Cc2ncc(-c3ccc(C#N)nc3N3CCn4ccnc4C3)o2)CCCC1. The van der Waals surface area contributed by atoms with E-state index in [1.807, 2.05) is 18.5 Å². The minimum Gasteiger partial charge on any atom is -0.441 e. The lowest BCUT2D eigenvalue weighted by molar-refractivity contribution is 0.300. The highest BCUT2D eigenvalue weighted by Gasteiger charge is 2.31. The van der Waals surface area contributed by atoms with Gasteiger partial charge in [-0.2, -0.15) is 5.26 Å². The Hall–Kier alpha value is -3.14. The van der Waals surface area contributed by atoms with Crippen LogP contribution in [0.15, 0.2) is 35.1 Å². The number of fused-ring (bicyclic) bond motifs is 1. The second-order valence-corrected chi connectivity index (χ2v) is 8.45. The van der Waals surface area contributed by atoms with Crippen molar-refractivity contribution in [3.8, 4) is 17.4 Å².